The standard InChI is InChI=1S/C14H22N4S/c1-6-13(14-17-9(2)11(4)19-14)15-7-12-8-16-18(5)10(12)3/h8,13,15H,6-7H2,1-5H3. The molecular formula is C14H22N4S. The average Bonchev–Trinajstić information content (AvgIpc) is 2.87. The Morgan fingerprint density at radius 1 is 1.37 bits per heavy atom. The van der Waals surface area contributed by atoms with Crippen molar-refractivity contribution in [3.8, 4) is 0 Å². The van der Waals surface area contributed by atoms with E-state index in [-0.39, 0.29) is 0 Å². The summed E-state index contributed by atoms with van der Waals surface area (Å²) in [5.41, 5.74) is 3.62. The van der Waals surface area contributed by atoms with E-state index in [1.54, 1.807) is 11.3 Å². The predicted molar refractivity (Wildman–Crippen MR) is 79.4 cm³/mol. The van der Waals surface area contributed by atoms with Crippen molar-refractivity contribution in [3.63, 3.8) is 0 Å². The monoisotopic (exact) mass is 278 g/mol. The fourth-order valence-electron chi connectivity index (χ4n) is 2.00. The third kappa shape index (κ3) is 3.04. The van der Waals surface area contributed by atoms with Crippen molar-refractivity contribution in [2.45, 2.75) is 46.7 Å². The summed E-state index contributed by atoms with van der Waals surface area (Å²) in [7, 11) is 1.98. The van der Waals surface area contributed by atoms with E-state index in [9.17, 15) is 0 Å². The maximum absolute atomic E-state index is 4.66. The van der Waals surface area contributed by atoms with E-state index in [0.29, 0.717) is 6.04 Å². The molecule has 2 rings (SSSR count). The van der Waals surface area contributed by atoms with E-state index in [0.717, 1.165) is 18.7 Å². The van der Waals surface area contributed by atoms with Gasteiger partial charge in [0.1, 0.15) is 5.01 Å². The van der Waals surface area contributed by atoms with Crippen molar-refractivity contribution in [2.24, 2.45) is 7.05 Å². The highest BCUT2D eigenvalue weighted by molar-refractivity contribution is 7.11. The molecule has 0 amide bonds. The van der Waals surface area contributed by atoms with Crippen LogP contribution in [0.3, 0.4) is 0 Å². The molecule has 0 fully saturated rings. The van der Waals surface area contributed by atoms with Crippen LogP contribution in [0.25, 0.3) is 0 Å². The molecule has 2 aromatic heterocycles. The third-order valence-corrected chi connectivity index (χ3v) is 4.81. The van der Waals surface area contributed by atoms with Crippen LogP contribution in [0.5, 0.6) is 0 Å². The molecule has 0 bridgehead atoms. The molecule has 1 atom stereocenters. The quantitative estimate of drug-likeness (QED) is 0.914. The zero-order chi connectivity index (χ0) is 14.0. The van der Waals surface area contributed by atoms with Gasteiger partial charge in [0.05, 0.1) is 17.9 Å². The van der Waals surface area contributed by atoms with Gasteiger partial charge in [-0.05, 0) is 27.2 Å². The lowest BCUT2D eigenvalue weighted by molar-refractivity contribution is 0.515. The Hall–Kier alpha value is -1.20. The molecule has 2 heterocycles. The first-order valence-corrected chi connectivity index (χ1v) is 7.49. The molecule has 0 aliphatic carbocycles. The summed E-state index contributed by atoms with van der Waals surface area (Å²) in [6.07, 6.45) is 2.99. The van der Waals surface area contributed by atoms with Gasteiger partial charge in [-0.15, -0.1) is 11.3 Å². The third-order valence-electron chi connectivity index (χ3n) is 3.63. The number of nitrogens with one attached hydrogen (secondary N) is 1. The van der Waals surface area contributed by atoms with Crippen LogP contribution in [0, 0.1) is 20.8 Å². The first-order chi connectivity index (χ1) is 9.02. The van der Waals surface area contributed by atoms with Gasteiger partial charge >= 0.3 is 0 Å². The second-order valence-electron chi connectivity index (χ2n) is 4.91. The molecule has 0 saturated carbocycles. The van der Waals surface area contributed by atoms with Gasteiger partial charge in [-0.25, -0.2) is 4.98 Å². The van der Waals surface area contributed by atoms with Crippen LogP contribution in [0.4, 0.5) is 0 Å². The van der Waals surface area contributed by atoms with E-state index >= 15 is 0 Å². The second-order valence-corrected chi connectivity index (χ2v) is 6.15. The van der Waals surface area contributed by atoms with E-state index in [4.69, 9.17) is 0 Å². The Bertz CT molecular complexity index is 536. The molecule has 1 unspecified atom stereocenters. The number of hydrogen-bond donors (Lipinski definition) is 1. The van der Waals surface area contributed by atoms with Gasteiger partial charge in [-0.1, -0.05) is 6.92 Å². The van der Waals surface area contributed by atoms with Crippen LogP contribution in [-0.4, -0.2) is 14.8 Å². The van der Waals surface area contributed by atoms with Crippen LogP contribution < -0.4 is 5.32 Å². The minimum absolute atomic E-state index is 0.331. The summed E-state index contributed by atoms with van der Waals surface area (Å²) in [5, 5.41) is 9.06. The van der Waals surface area contributed by atoms with Crippen LogP contribution in [0.15, 0.2) is 6.20 Å². The summed E-state index contributed by atoms with van der Waals surface area (Å²) in [4.78, 5) is 5.97. The minimum Gasteiger partial charge on any atom is -0.304 e. The molecule has 0 aliphatic heterocycles. The SMILES string of the molecule is CCC(NCc1cnn(C)c1C)c1nc(C)c(C)s1. The normalized spacial score (nSPS) is 12.9. The maximum atomic E-state index is 4.66. The fraction of sp³-hybridized carbons (Fsp3) is 0.571. The van der Waals surface area contributed by atoms with E-state index in [2.05, 4.69) is 43.1 Å². The molecule has 19 heavy (non-hydrogen) atoms. The van der Waals surface area contributed by atoms with Gasteiger partial charge in [0.15, 0.2) is 0 Å². The highest BCUT2D eigenvalue weighted by atomic mass is 32.1. The lowest BCUT2D eigenvalue weighted by Crippen LogP contribution is -2.20. The smallest absolute Gasteiger partial charge is 0.110 e. The van der Waals surface area contributed by atoms with Crippen LogP contribution >= 0.6 is 11.3 Å². The molecule has 2 aromatic rings. The molecule has 5 heteroatoms. The van der Waals surface area contributed by atoms with Crippen LogP contribution in [-0.2, 0) is 13.6 Å². The van der Waals surface area contributed by atoms with E-state index in [1.165, 1.54) is 21.1 Å². The van der Waals surface area contributed by atoms with Gasteiger partial charge in [-0.3, -0.25) is 4.68 Å². The molecule has 0 radical (unpaired) electrons. The minimum atomic E-state index is 0.331. The molecule has 104 valence electrons. The lowest BCUT2D eigenvalue weighted by atomic mass is 10.2. The number of nitrogens with zero attached hydrogens (tertiary/aromatic N) is 3. The topological polar surface area (TPSA) is 42.7 Å². The Kier molecular flexibility index (Phi) is 4.37. The Balaban J connectivity index is 2.06. The fourth-order valence-corrected chi connectivity index (χ4v) is 3.09. The number of aryl methyl sites for hydroxylation is 3. The molecule has 0 aromatic carbocycles. The van der Waals surface area contributed by atoms with Gasteiger partial charge < -0.3 is 5.32 Å². The molecule has 0 aliphatic rings. The van der Waals surface area contributed by atoms with E-state index < -0.39 is 0 Å². The molecule has 0 saturated heterocycles. The number of hydrogen-bond acceptors (Lipinski definition) is 4. The first-order valence-electron chi connectivity index (χ1n) is 6.67. The highest BCUT2D eigenvalue weighted by Crippen LogP contribution is 2.25. The lowest BCUT2D eigenvalue weighted by Gasteiger charge is -2.14. The molecule has 0 spiro atoms. The number of aromatic nitrogens is 3. The van der Waals surface area contributed by atoms with Crippen molar-refractivity contribution < 1.29 is 0 Å². The van der Waals surface area contributed by atoms with Gasteiger partial charge in [-0.2, -0.15) is 5.10 Å². The summed E-state index contributed by atoms with van der Waals surface area (Å²) in [6.45, 7) is 9.35. The Morgan fingerprint density at radius 3 is 2.58 bits per heavy atom. The average molecular weight is 278 g/mol. The van der Waals surface area contributed by atoms with Gasteiger partial charge in [0.25, 0.3) is 0 Å². The second kappa shape index (κ2) is 5.84. The zero-order valence-corrected chi connectivity index (χ0v) is 13.1. The van der Waals surface area contributed by atoms with Gasteiger partial charge in [0, 0.05) is 29.7 Å². The molecule has 1 N–H and O–H groups in total. The van der Waals surface area contributed by atoms with Crippen molar-refractivity contribution in [1.82, 2.24) is 20.1 Å². The van der Waals surface area contributed by atoms with Crippen molar-refractivity contribution in [2.75, 3.05) is 0 Å². The predicted octanol–water partition coefficient (Wildman–Crippen LogP) is 3.04. The van der Waals surface area contributed by atoms with Crippen molar-refractivity contribution in [3.05, 3.63) is 33.0 Å². The molecule has 4 nitrogen and oxygen atoms in total. The Morgan fingerprint density at radius 2 is 2.11 bits per heavy atom. The van der Waals surface area contributed by atoms with Crippen molar-refractivity contribution >= 4 is 11.3 Å². The molecular weight excluding hydrogens is 256 g/mol. The number of thiazole rings is 1. The highest BCUT2D eigenvalue weighted by Gasteiger charge is 2.15. The summed E-state index contributed by atoms with van der Waals surface area (Å²) < 4.78 is 1.91. The van der Waals surface area contributed by atoms with E-state index in [1.807, 2.05) is 17.9 Å². The number of rotatable bonds is 5. The van der Waals surface area contributed by atoms with Crippen LogP contribution in [0.1, 0.15) is 46.2 Å². The van der Waals surface area contributed by atoms with Gasteiger partial charge in [0.2, 0.25) is 0 Å². The zero-order valence-electron chi connectivity index (χ0n) is 12.3. The largest absolute Gasteiger partial charge is 0.304 e. The Labute approximate surface area is 118 Å². The maximum Gasteiger partial charge on any atom is 0.110 e. The summed E-state index contributed by atoms with van der Waals surface area (Å²) in [6, 6.07) is 0.331. The summed E-state index contributed by atoms with van der Waals surface area (Å²) in [5.74, 6) is 0. The first kappa shape index (κ1) is 14.2. The summed E-state index contributed by atoms with van der Waals surface area (Å²) >= 11 is 1.80. The van der Waals surface area contributed by atoms with Crippen molar-refractivity contribution in [1.29, 1.82) is 0 Å². The van der Waals surface area contributed by atoms with Crippen LogP contribution in [0.2, 0.25) is 0 Å².